The molecule has 11 heteroatoms. The van der Waals surface area contributed by atoms with Crippen LogP contribution >= 0.6 is 0 Å². The van der Waals surface area contributed by atoms with Crippen LogP contribution in [0.4, 0.5) is 0 Å². The average molecular weight is 340 g/mol. The number of fused-ring (bicyclic) bond motifs is 1. The number of hydrogen-bond donors (Lipinski definition) is 4. The molecule has 4 N–H and O–H groups in total. The van der Waals surface area contributed by atoms with Crippen molar-refractivity contribution in [3.8, 4) is 0 Å². The molecule has 1 fully saturated rings. The molecule has 1 aliphatic heterocycles. The molecule has 3 unspecified atom stereocenters. The maximum Gasteiger partial charge on any atom is 0.332 e. The van der Waals surface area contributed by atoms with Gasteiger partial charge in [-0.1, -0.05) is 0 Å². The molecule has 0 bridgehead atoms. The average Bonchev–Trinajstić information content (AvgIpc) is 3.09. The van der Waals surface area contributed by atoms with Crippen LogP contribution in [0.25, 0.3) is 11.2 Å². The van der Waals surface area contributed by atoms with Crippen LogP contribution in [-0.4, -0.2) is 71.8 Å². The lowest BCUT2D eigenvalue weighted by atomic mass is 10.1. The Labute approximate surface area is 134 Å². The van der Waals surface area contributed by atoms with Gasteiger partial charge in [0.25, 0.3) is 5.56 Å². The number of aromatic nitrogens is 4. The molecule has 5 atom stereocenters. The highest BCUT2D eigenvalue weighted by atomic mass is 16.6. The number of aliphatic hydroxyl groups excluding tert-OH is 2. The second-order valence-electron chi connectivity index (χ2n) is 5.42. The van der Waals surface area contributed by atoms with Gasteiger partial charge in [-0.05, 0) is 6.92 Å². The van der Waals surface area contributed by atoms with E-state index in [1.807, 2.05) is 0 Å². The number of carboxylic acid groups (broad SMARTS) is 1. The quantitative estimate of drug-likeness (QED) is 0.494. The molecule has 2 aromatic rings. The Morgan fingerprint density at radius 2 is 2.21 bits per heavy atom. The number of carboxylic acids is 1. The van der Waals surface area contributed by atoms with Crippen LogP contribution in [0.1, 0.15) is 13.2 Å². The zero-order chi connectivity index (χ0) is 17.4. The minimum atomic E-state index is -1.32. The smallest absolute Gasteiger partial charge is 0.332 e. The topological polar surface area (TPSA) is 160 Å². The summed E-state index contributed by atoms with van der Waals surface area (Å²) < 4.78 is 12.0. The molecule has 0 amide bonds. The van der Waals surface area contributed by atoms with Crippen LogP contribution in [0.5, 0.6) is 0 Å². The number of H-pyrrole nitrogens is 1. The van der Waals surface area contributed by atoms with Crippen LogP contribution in [0.15, 0.2) is 17.4 Å². The zero-order valence-corrected chi connectivity index (χ0v) is 12.6. The van der Waals surface area contributed by atoms with E-state index in [0.29, 0.717) is 0 Å². The molecule has 2 aromatic heterocycles. The summed E-state index contributed by atoms with van der Waals surface area (Å²) in [7, 11) is 0. The van der Waals surface area contributed by atoms with Crippen LogP contribution in [-0.2, 0) is 14.3 Å². The van der Waals surface area contributed by atoms with Crippen molar-refractivity contribution in [3.63, 3.8) is 0 Å². The SMILES string of the molecule is CC(OC[C@H]1O[C@@H](n2cnc3c(=O)[nH]cnc32)C(O)C1O)C(=O)O. The summed E-state index contributed by atoms with van der Waals surface area (Å²) in [5, 5.41) is 29.1. The van der Waals surface area contributed by atoms with E-state index in [4.69, 9.17) is 14.6 Å². The molecule has 130 valence electrons. The molecule has 1 aliphatic rings. The largest absolute Gasteiger partial charge is 0.479 e. The summed E-state index contributed by atoms with van der Waals surface area (Å²) >= 11 is 0. The summed E-state index contributed by atoms with van der Waals surface area (Å²) in [6.45, 7) is 1.12. The number of imidazole rings is 1. The van der Waals surface area contributed by atoms with E-state index in [1.165, 1.54) is 24.1 Å². The molecular formula is C13H16N4O7. The molecule has 0 radical (unpaired) electrons. The van der Waals surface area contributed by atoms with E-state index in [2.05, 4.69) is 15.0 Å². The minimum absolute atomic E-state index is 0.0713. The molecule has 0 aromatic carbocycles. The molecule has 11 nitrogen and oxygen atoms in total. The van der Waals surface area contributed by atoms with E-state index in [9.17, 15) is 19.8 Å². The monoisotopic (exact) mass is 340 g/mol. The first-order chi connectivity index (χ1) is 11.4. The fourth-order valence-electron chi connectivity index (χ4n) is 2.46. The Bertz CT molecular complexity index is 803. The third kappa shape index (κ3) is 2.78. The summed E-state index contributed by atoms with van der Waals surface area (Å²) in [4.78, 5) is 32.7. The number of hydrogen-bond acceptors (Lipinski definition) is 8. The van der Waals surface area contributed by atoms with Gasteiger partial charge in [-0.3, -0.25) is 9.36 Å². The molecule has 3 heterocycles. The van der Waals surface area contributed by atoms with Gasteiger partial charge in [0.05, 0.1) is 19.3 Å². The number of nitrogens with zero attached hydrogens (tertiary/aromatic N) is 3. The first kappa shape index (κ1) is 16.5. The van der Waals surface area contributed by atoms with Gasteiger partial charge in [0, 0.05) is 0 Å². The second kappa shape index (κ2) is 6.28. The van der Waals surface area contributed by atoms with Gasteiger partial charge in [-0.2, -0.15) is 0 Å². The molecule has 24 heavy (non-hydrogen) atoms. The highest BCUT2D eigenvalue weighted by Gasteiger charge is 2.44. The third-order valence-electron chi connectivity index (χ3n) is 3.83. The van der Waals surface area contributed by atoms with Gasteiger partial charge in [-0.25, -0.2) is 14.8 Å². The zero-order valence-electron chi connectivity index (χ0n) is 12.6. The lowest BCUT2D eigenvalue weighted by molar-refractivity contribution is -0.153. The predicted molar refractivity (Wildman–Crippen MR) is 77.1 cm³/mol. The summed E-state index contributed by atoms with van der Waals surface area (Å²) in [6, 6.07) is 0. The first-order valence-electron chi connectivity index (χ1n) is 7.16. The normalized spacial score (nSPS) is 28.3. The van der Waals surface area contributed by atoms with Crippen LogP contribution in [0.3, 0.4) is 0 Å². The number of nitrogens with one attached hydrogen (secondary N) is 1. The first-order valence-corrected chi connectivity index (χ1v) is 7.16. The van der Waals surface area contributed by atoms with Gasteiger partial charge < -0.3 is 29.8 Å². The highest BCUT2D eigenvalue weighted by Crippen LogP contribution is 2.31. The van der Waals surface area contributed by atoms with Crippen molar-refractivity contribution in [3.05, 3.63) is 23.0 Å². The van der Waals surface area contributed by atoms with Gasteiger partial charge in [0.15, 0.2) is 23.5 Å². The van der Waals surface area contributed by atoms with Crippen molar-refractivity contribution in [2.24, 2.45) is 0 Å². The van der Waals surface area contributed by atoms with Crippen LogP contribution in [0, 0.1) is 0 Å². The maximum absolute atomic E-state index is 11.7. The van der Waals surface area contributed by atoms with Crippen LogP contribution in [0.2, 0.25) is 0 Å². The number of aliphatic carboxylic acids is 1. The van der Waals surface area contributed by atoms with E-state index >= 15 is 0 Å². The number of rotatable bonds is 5. The second-order valence-corrected chi connectivity index (χ2v) is 5.42. The molecular weight excluding hydrogens is 324 g/mol. The van der Waals surface area contributed by atoms with E-state index in [1.54, 1.807) is 0 Å². The maximum atomic E-state index is 11.7. The number of aromatic amines is 1. The molecule has 0 aliphatic carbocycles. The van der Waals surface area contributed by atoms with E-state index in [0.717, 1.165) is 0 Å². The Hall–Kier alpha value is -2.34. The lowest BCUT2D eigenvalue weighted by Crippen LogP contribution is -2.35. The summed E-state index contributed by atoms with van der Waals surface area (Å²) in [5.74, 6) is -1.15. The van der Waals surface area contributed by atoms with Crippen LogP contribution < -0.4 is 5.56 Å². The summed E-state index contributed by atoms with van der Waals surface area (Å²) in [6.07, 6.45) is -3.20. The number of aliphatic hydroxyl groups is 2. The van der Waals surface area contributed by atoms with Crippen molar-refractivity contribution in [2.75, 3.05) is 6.61 Å². The van der Waals surface area contributed by atoms with Crippen molar-refractivity contribution in [1.82, 2.24) is 19.5 Å². The Balaban J connectivity index is 1.80. The Morgan fingerprint density at radius 1 is 1.46 bits per heavy atom. The van der Waals surface area contributed by atoms with Crippen molar-refractivity contribution in [2.45, 2.75) is 37.6 Å². The van der Waals surface area contributed by atoms with Gasteiger partial charge >= 0.3 is 5.97 Å². The summed E-state index contributed by atoms with van der Waals surface area (Å²) in [5.41, 5.74) is -0.181. The highest BCUT2D eigenvalue weighted by molar-refractivity contribution is 5.71. The van der Waals surface area contributed by atoms with Crippen molar-refractivity contribution < 1.29 is 29.6 Å². The Morgan fingerprint density at radius 3 is 2.92 bits per heavy atom. The van der Waals surface area contributed by atoms with Crippen molar-refractivity contribution >= 4 is 17.1 Å². The predicted octanol–water partition coefficient (Wildman–Crippen LogP) is -1.77. The van der Waals surface area contributed by atoms with Gasteiger partial charge in [-0.15, -0.1) is 0 Å². The molecule has 0 saturated carbocycles. The van der Waals surface area contributed by atoms with E-state index in [-0.39, 0.29) is 17.8 Å². The Kier molecular flexibility index (Phi) is 4.32. The lowest BCUT2D eigenvalue weighted by Gasteiger charge is -2.17. The van der Waals surface area contributed by atoms with Gasteiger partial charge in [0.1, 0.15) is 18.3 Å². The molecule has 0 spiro atoms. The van der Waals surface area contributed by atoms with Crippen molar-refractivity contribution in [1.29, 1.82) is 0 Å². The van der Waals surface area contributed by atoms with E-state index < -0.39 is 42.2 Å². The molecule has 1 saturated heterocycles. The minimum Gasteiger partial charge on any atom is -0.479 e. The third-order valence-corrected chi connectivity index (χ3v) is 3.83. The van der Waals surface area contributed by atoms with Gasteiger partial charge in [0.2, 0.25) is 0 Å². The number of carbonyl (C=O) groups is 1. The fraction of sp³-hybridized carbons (Fsp3) is 0.538. The standard InChI is InChI=1S/C13H16N4O7/c1-5(13(21)22)23-2-6-8(18)9(19)12(24-6)17-4-16-7-10(17)14-3-15-11(7)20/h3-6,8-9,12,18-19H,2H2,1H3,(H,21,22)(H,14,15,20)/t5?,6-,8?,9?,12-/m1/s1. The fourth-order valence-corrected chi connectivity index (χ4v) is 2.46. The molecule has 3 rings (SSSR count). The number of ether oxygens (including phenoxy) is 2.